The highest BCUT2D eigenvalue weighted by molar-refractivity contribution is 6.16. The number of anilines is 1. The SMILES string of the molecule is CC(C)NC(=O)CCN1C(=O)c2ccccc2N2C(=O)c3ccccc3[C@H]12. The number of amides is 3. The molecular weight excluding hydrogens is 342 g/mol. The molecule has 0 aromatic heterocycles. The van der Waals surface area contributed by atoms with E-state index in [1.807, 2.05) is 38.1 Å². The molecule has 0 saturated heterocycles. The molecule has 6 nitrogen and oxygen atoms in total. The molecule has 0 unspecified atom stereocenters. The van der Waals surface area contributed by atoms with Gasteiger partial charge in [0.15, 0.2) is 0 Å². The minimum atomic E-state index is -0.511. The second-order valence-corrected chi connectivity index (χ2v) is 7.12. The Balaban J connectivity index is 1.74. The van der Waals surface area contributed by atoms with Crippen molar-refractivity contribution in [2.75, 3.05) is 11.4 Å². The van der Waals surface area contributed by atoms with E-state index in [4.69, 9.17) is 0 Å². The number of nitrogens with one attached hydrogen (secondary N) is 1. The average molecular weight is 363 g/mol. The molecule has 138 valence electrons. The quantitative estimate of drug-likeness (QED) is 0.908. The highest BCUT2D eigenvalue weighted by atomic mass is 16.2. The van der Waals surface area contributed by atoms with Crippen molar-refractivity contribution in [3.05, 3.63) is 65.2 Å². The van der Waals surface area contributed by atoms with Crippen LogP contribution in [-0.2, 0) is 4.79 Å². The highest BCUT2D eigenvalue weighted by Crippen LogP contribution is 2.45. The number of hydrogen-bond donors (Lipinski definition) is 1. The zero-order valence-electron chi connectivity index (χ0n) is 15.3. The van der Waals surface area contributed by atoms with Crippen LogP contribution in [0.15, 0.2) is 48.5 Å². The molecule has 6 heteroatoms. The Morgan fingerprint density at radius 2 is 1.67 bits per heavy atom. The summed E-state index contributed by atoms with van der Waals surface area (Å²) in [6.45, 7) is 4.04. The molecule has 1 atom stereocenters. The molecule has 2 aromatic carbocycles. The fourth-order valence-electron chi connectivity index (χ4n) is 3.82. The van der Waals surface area contributed by atoms with E-state index in [0.29, 0.717) is 16.8 Å². The van der Waals surface area contributed by atoms with E-state index < -0.39 is 6.17 Å². The van der Waals surface area contributed by atoms with E-state index in [0.717, 1.165) is 5.56 Å². The maximum absolute atomic E-state index is 13.2. The average Bonchev–Trinajstić information content (AvgIpc) is 2.94. The summed E-state index contributed by atoms with van der Waals surface area (Å²) in [4.78, 5) is 41.6. The fraction of sp³-hybridized carbons (Fsp3) is 0.286. The van der Waals surface area contributed by atoms with Crippen molar-refractivity contribution in [3.8, 4) is 0 Å². The number of carbonyl (C=O) groups is 3. The van der Waals surface area contributed by atoms with Crippen LogP contribution in [-0.4, -0.2) is 35.2 Å². The number of fused-ring (bicyclic) bond motifs is 5. The molecule has 0 aliphatic carbocycles. The second-order valence-electron chi connectivity index (χ2n) is 7.12. The maximum atomic E-state index is 13.2. The first-order valence-electron chi connectivity index (χ1n) is 9.11. The molecule has 27 heavy (non-hydrogen) atoms. The van der Waals surface area contributed by atoms with E-state index in [-0.39, 0.29) is 36.7 Å². The van der Waals surface area contributed by atoms with Gasteiger partial charge < -0.3 is 10.2 Å². The number of hydrogen-bond acceptors (Lipinski definition) is 3. The first-order valence-corrected chi connectivity index (χ1v) is 9.11. The molecule has 4 rings (SSSR count). The topological polar surface area (TPSA) is 69.7 Å². The predicted molar refractivity (Wildman–Crippen MR) is 101 cm³/mol. The van der Waals surface area contributed by atoms with Crippen LogP contribution in [0, 0.1) is 0 Å². The molecular formula is C21H21N3O3. The van der Waals surface area contributed by atoms with Gasteiger partial charge in [0.25, 0.3) is 11.8 Å². The van der Waals surface area contributed by atoms with Crippen LogP contribution in [0.3, 0.4) is 0 Å². The highest BCUT2D eigenvalue weighted by Gasteiger charge is 2.47. The Kier molecular flexibility index (Phi) is 4.18. The molecule has 2 aromatic rings. The lowest BCUT2D eigenvalue weighted by atomic mass is 10.0. The summed E-state index contributed by atoms with van der Waals surface area (Å²) in [6.07, 6.45) is -0.324. The Hall–Kier alpha value is -3.15. The van der Waals surface area contributed by atoms with Crippen LogP contribution in [0.2, 0.25) is 0 Å². The second kappa shape index (κ2) is 6.54. The zero-order valence-corrected chi connectivity index (χ0v) is 15.3. The predicted octanol–water partition coefficient (Wildman–Crippen LogP) is 2.72. The summed E-state index contributed by atoms with van der Waals surface area (Å²) in [6, 6.07) is 14.5. The third-order valence-corrected chi connectivity index (χ3v) is 4.91. The van der Waals surface area contributed by atoms with Crippen LogP contribution >= 0.6 is 0 Å². The van der Waals surface area contributed by atoms with E-state index >= 15 is 0 Å². The smallest absolute Gasteiger partial charge is 0.260 e. The molecule has 0 saturated carbocycles. The van der Waals surface area contributed by atoms with Crippen molar-refractivity contribution in [1.82, 2.24) is 10.2 Å². The Bertz CT molecular complexity index is 938. The summed E-state index contributed by atoms with van der Waals surface area (Å²) >= 11 is 0. The summed E-state index contributed by atoms with van der Waals surface area (Å²) in [5.74, 6) is -0.387. The maximum Gasteiger partial charge on any atom is 0.260 e. The number of benzene rings is 2. The Morgan fingerprint density at radius 3 is 2.41 bits per heavy atom. The standard InChI is InChI=1S/C21H21N3O3/c1-13(2)22-18(25)11-12-23-19-14-7-3-4-8-15(14)21(27)24(19)17-10-6-5-9-16(17)20(23)26/h3-10,13,19H,11-12H2,1-2H3,(H,22,25)/t19-/m1/s1. The van der Waals surface area contributed by atoms with Gasteiger partial charge in [-0.3, -0.25) is 19.3 Å². The van der Waals surface area contributed by atoms with Crippen molar-refractivity contribution in [1.29, 1.82) is 0 Å². The molecule has 0 bridgehead atoms. The van der Waals surface area contributed by atoms with Crippen LogP contribution in [0.5, 0.6) is 0 Å². The van der Waals surface area contributed by atoms with Crippen molar-refractivity contribution < 1.29 is 14.4 Å². The van der Waals surface area contributed by atoms with E-state index in [1.54, 1.807) is 34.1 Å². The molecule has 2 aliphatic heterocycles. The van der Waals surface area contributed by atoms with Crippen molar-refractivity contribution >= 4 is 23.4 Å². The lowest BCUT2D eigenvalue weighted by Gasteiger charge is -2.40. The first-order chi connectivity index (χ1) is 13.0. The Morgan fingerprint density at radius 1 is 1.00 bits per heavy atom. The van der Waals surface area contributed by atoms with Crippen LogP contribution < -0.4 is 10.2 Å². The van der Waals surface area contributed by atoms with Gasteiger partial charge in [-0.05, 0) is 32.0 Å². The van der Waals surface area contributed by atoms with Crippen LogP contribution in [0.4, 0.5) is 5.69 Å². The summed E-state index contributed by atoms with van der Waals surface area (Å²) in [5, 5.41) is 2.85. The van der Waals surface area contributed by atoms with Crippen molar-refractivity contribution in [2.45, 2.75) is 32.5 Å². The third-order valence-electron chi connectivity index (χ3n) is 4.91. The van der Waals surface area contributed by atoms with Gasteiger partial charge in [0.2, 0.25) is 5.91 Å². The minimum Gasteiger partial charge on any atom is -0.354 e. The largest absolute Gasteiger partial charge is 0.354 e. The number of para-hydroxylation sites is 1. The summed E-state index contributed by atoms with van der Waals surface area (Å²) < 4.78 is 0. The number of rotatable bonds is 4. The molecule has 1 N–H and O–H groups in total. The molecule has 2 heterocycles. The van der Waals surface area contributed by atoms with Crippen LogP contribution in [0.1, 0.15) is 52.7 Å². The molecule has 2 aliphatic rings. The first kappa shape index (κ1) is 17.3. The van der Waals surface area contributed by atoms with Gasteiger partial charge in [0, 0.05) is 30.1 Å². The lowest BCUT2D eigenvalue weighted by Crippen LogP contribution is -2.49. The van der Waals surface area contributed by atoms with Gasteiger partial charge in [-0.2, -0.15) is 0 Å². The third kappa shape index (κ3) is 2.77. The number of carbonyl (C=O) groups excluding carboxylic acids is 3. The monoisotopic (exact) mass is 363 g/mol. The Labute approximate surface area is 157 Å². The molecule has 3 amide bonds. The van der Waals surface area contributed by atoms with Crippen molar-refractivity contribution in [2.24, 2.45) is 0 Å². The van der Waals surface area contributed by atoms with Gasteiger partial charge in [-0.15, -0.1) is 0 Å². The fourth-order valence-corrected chi connectivity index (χ4v) is 3.82. The van der Waals surface area contributed by atoms with E-state index in [1.165, 1.54) is 0 Å². The van der Waals surface area contributed by atoms with Gasteiger partial charge in [0.1, 0.15) is 6.17 Å². The van der Waals surface area contributed by atoms with Gasteiger partial charge in [-0.25, -0.2) is 0 Å². The molecule has 0 fully saturated rings. The summed E-state index contributed by atoms with van der Waals surface area (Å²) in [7, 11) is 0. The minimum absolute atomic E-state index is 0.0422. The summed E-state index contributed by atoms with van der Waals surface area (Å²) in [5.41, 5.74) is 2.51. The van der Waals surface area contributed by atoms with Gasteiger partial charge in [0.05, 0.1) is 11.3 Å². The van der Waals surface area contributed by atoms with E-state index in [2.05, 4.69) is 5.32 Å². The van der Waals surface area contributed by atoms with Gasteiger partial charge in [-0.1, -0.05) is 30.3 Å². The zero-order chi connectivity index (χ0) is 19.1. The normalized spacial score (nSPS) is 17.7. The molecule has 0 spiro atoms. The van der Waals surface area contributed by atoms with E-state index in [9.17, 15) is 14.4 Å². The van der Waals surface area contributed by atoms with Crippen LogP contribution in [0.25, 0.3) is 0 Å². The lowest BCUT2D eigenvalue weighted by molar-refractivity contribution is -0.121. The van der Waals surface area contributed by atoms with Gasteiger partial charge >= 0.3 is 0 Å². The van der Waals surface area contributed by atoms with Crippen molar-refractivity contribution in [3.63, 3.8) is 0 Å². The molecule has 0 radical (unpaired) electrons. The number of nitrogens with zero attached hydrogens (tertiary/aromatic N) is 2.